The number of nitrogens with zero attached hydrogens (tertiary/aromatic N) is 4. The van der Waals surface area contributed by atoms with E-state index in [-0.39, 0.29) is 17.7 Å². The molecule has 0 saturated carbocycles. The molecule has 1 rings (SSSR count). The molecule has 1 aromatic rings. The molecule has 0 aromatic carbocycles. The van der Waals surface area contributed by atoms with Crippen molar-refractivity contribution >= 4 is 15.8 Å². The zero-order valence-electron chi connectivity index (χ0n) is 7.38. The van der Waals surface area contributed by atoms with Crippen LogP contribution >= 0.6 is 0 Å². The molecule has 0 aliphatic carbocycles. The molecule has 0 fully saturated rings. The van der Waals surface area contributed by atoms with Crippen molar-refractivity contribution in [3.63, 3.8) is 0 Å². The molecule has 0 radical (unpaired) electrons. The molecule has 1 heterocycles. The summed E-state index contributed by atoms with van der Waals surface area (Å²) in [6.07, 6.45) is 1.16. The molecule has 2 N–H and O–H groups in total. The first kappa shape index (κ1) is 9.90. The van der Waals surface area contributed by atoms with Gasteiger partial charge in [-0.3, -0.25) is 0 Å². The van der Waals surface area contributed by atoms with Crippen LogP contribution in [0.1, 0.15) is 13.0 Å². The van der Waals surface area contributed by atoms with E-state index in [2.05, 4.69) is 15.5 Å². The van der Waals surface area contributed by atoms with Crippen LogP contribution in [0.3, 0.4) is 0 Å². The van der Waals surface area contributed by atoms with Crippen molar-refractivity contribution in [1.82, 2.24) is 20.2 Å². The lowest BCUT2D eigenvalue weighted by molar-refractivity contribution is 0.511. The summed E-state index contributed by atoms with van der Waals surface area (Å²) in [5.74, 6) is 0.0959. The third kappa shape index (κ3) is 2.65. The first-order chi connectivity index (χ1) is 5.90. The minimum atomic E-state index is -3.04. The highest BCUT2D eigenvalue weighted by Gasteiger charge is 2.15. The zero-order valence-corrected chi connectivity index (χ0v) is 8.19. The first-order valence-corrected chi connectivity index (χ1v) is 5.67. The van der Waals surface area contributed by atoms with Crippen molar-refractivity contribution in [2.75, 3.05) is 17.7 Å². The van der Waals surface area contributed by atoms with E-state index in [1.807, 2.05) is 0 Å². The first-order valence-electron chi connectivity index (χ1n) is 3.61. The molecule has 0 aliphatic rings. The summed E-state index contributed by atoms with van der Waals surface area (Å²) in [6.45, 7) is 1.69. The number of aromatic nitrogens is 4. The third-order valence-corrected chi connectivity index (χ3v) is 2.57. The molecule has 1 atom stereocenters. The fourth-order valence-corrected chi connectivity index (χ4v) is 2.04. The van der Waals surface area contributed by atoms with Gasteiger partial charge in [0, 0.05) is 6.26 Å². The molecule has 0 amide bonds. The Bertz CT molecular complexity index is 383. The predicted octanol–water partition coefficient (Wildman–Crippen LogP) is -1.14. The fourth-order valence-electron chi connectivity index (χ4n) is 1.02. The van der Waals surface area contributed by atoms with E-state index in [0.717, 1.165) is 6.26 Å². The van der Waals surface area contributed by atoms with Gasteiger partial charge in [-0.15, -0.1) is 0 Å². The van der Waals surface area contributed by atoms with Crippen LogP contribution in [0.15, 0.2) is 0 Å². The van der Waals surface area contributed by atoms with E-state index < -0.39 is 9.84 Å². The van der Waals surface area contributed by atoms with Gasteiger partial charge in [0.15, 0.2) is 0 Å². The number of tetrazole rings is 1. The SMILES string of the molecule is CC(CS(C)(=O)=O)n1nnnc1N. The number of nitrogen functional groups attached to an aromatic ring is 1. The second kappa shape index (κ2) is 3.29. The Kier molecular flexibility index (Phi) is 2.50. The Morgan fingerprint density at radius 3 is 2.62 bits per heavy atom. The number of sulfone groups is 1. The van der Waals surface area contributed by atoms with Gasteiger partial charge in [-0.2, -0.15) is 0 Å². The Labute approximate surface area is 75.8 Å². The topological polar surface area (TPSA) is 104 Å². The summed E-state index contributed by atoms with van der Waals surface area (Å²) in [5, 5.41) is 10.3. The summed E-state index contributed by atoms with van der Waals surface area (Å²) in [5.41, 5.74) is 5.39. The summed E-state index contributed by atoms with van der Waals surface area (Å²) >= 11 is 0. The third-order valence-electron chi connectivity index (χ3n) is 1.48. The molecule has 0 bridgehead atoms. The number of nitrogens with two attached hydrogens (primary N) is 1. The lowest BCUT2D eigenvalue weighted by Crippen LogP contribution is -2.19. The number of hydrogen-bond donors (Lipinski definition) is 1. The minimum absolute atomic E-state index is 0.0256. The average molecular weight is 205 g/mol. The summed E-state index contributed by atoms with van der Waals surface area (Å²) in [6, 6.07) is -0.343. The van der Waals surface area contributed by atoms with Crippen LogP contribution < -0.4 is 5.73 Å². The lowest BCUT2D eigenvalue weighted by atomic mass is 10.4. The highest BCUT2D eigenvalue weighted by atomic mass is 32.2. The molecule has 1 aromatic heterocycles. The van der Waals surface area contributed by atoms with Gasteiger partial charge in [-0.1, -0.05) is 5.10 Å². The van der Waals surface area contributed by atoms with Crippen molar-refractivity contribution in [2.24, 2.45) is 0 Å². The largest absolute Gasteiger partial charge is 0.367 e. The second-order valence-electron chi connectivity index (χ2n) is 2.92. The van der Waals surface area contributed by atoms with Gasteiger partial charge < -0.3 is 5.73 Å². The molecular weight excluding hydrogens is 194 g/mol. The van der Waals surface area contributed by atoms with Gasteiger partial charge in [0.05, 0.1) is 11.8 Å². The minimum Gasteiger partial charge on any atom is -0.367 e. The van der Waals surface area contributed by atoms with Crippen molar-refractivity contribution in [2.45, 2.75) is 13.0 Å². The van der Waals surface area contributed by atoms with E-state index in [0.29, 0.717) is 0 Å². The normalized spacial score (nSPS) is 14.3. The molecule has 0 saturated heterocycles. The van der Waals surface area contributed by atoms with Gasteiger partial charge in [0.2, 0.25) is 5.95 Å². The van der Waals surface area contributed by atoms with E-state index in [4.69, 9.17) is 5.73 Å². The summed E-state index contributed by atoms with van der Waals surface area (Å²) in [7, 11) is -3.04. The molecule has 0 spiro atoms. The van der Waals surface area contributed by atoms with Crippen LogP contribution in [0.5, 0.6) is 0 Å². The maximum Gasteiger partial charge on any atom is 0.240 e. The molecule has 7 nitrogen and oxygen atoms in total. The van der Waals surface area contributed by atoms with Crippen molar-refractivity contribution in [3.05, 3.63) is 0 Å². The van der Waals surface area contributed by atoms with Crippen LogP contribution in [0.4, 0.5) is 5.95 Å². The number of anilines is 1. The van der Waals surface area contributed by atoms with Crippen LogP contribution in [0.25, 0.3) is 0 Å². The summed E-state index contributed by atoms with van der Waals surface area (Å²) in [4.78, 5) is 0. The van der Waals surface area contributed by atoms with Crippen molar-refractivity contribution in [1.29, 1.82) is 0 Å². The standard InChI is InChI=1S/C5H11N5O2S/c1-4(3-13(2,11)12)10-5(6)7-8-9-10/h4H,3H2,1-2H3,(H2,6,7,9). The Morgan fingerprint density at radius 2 is 2.23 bits per heavy atom. The maximum atomic E-state index is 10.9. The maximum absolute atomic E-state index is 10.9. The number of rotatable bonds is 3. The summed E-state index contributed by atoms with van der Waals surface area (Å²) < 4.78 is 23.1. The Morgan fingerprint density at radius 1 is 1.62 bits per heavy atom. The zero-order chi connectivity index (χ0) is 10.1. The van der Waals surface area contributed by atoms with E-state index in [1.165, 1.54) is 4.68 Å². The van der Waals surface area contributed by atoms with Gasteiger partial charge >= 0.3 is 0 Å². The van der Waals surface area contributed by atoms with E-state index >= 15 is 0 Å². The van der Waals surface area contributed by atoms with E-state index in [9.17, 15) is 8.42 Å². The average Bonchev–Trinajstić information content (AvgIpc) is 2.30. The molecule has 8 heteroatoms. The molecular formula is C5H11N5O2S. The Hall–Kier alpha value is -1.18. The van der Waals surface area contributed by atoms with Gasteiger partial charge in [0.25, 0.3) is 0 Å². The molecule has 0 aliphatic heterocycles. The monoisotopic (exact) mass is 205 g/mol. The van der Waals surface area contributed by atoms with Gasteiger partial charge in [0.1, 0.15) is 9.84 Å². The van der Waals surface area contributed by atoms with Crippen LogP contribution in [-0.4, -0.2) is 40.6 Å². The van der Waals surface area contributed by atoms with Crippen LogP contribution in [-0.2, 0) is 9.84 Å². The van der Waals surface area contributed by atoms with Crippen molar-refractivity contribution < 1.29 is 8.42 Å². The lowest BCUT2D eigenvalue weighted by Gasteiger charge is -2.09. The van der Waals surface area contributed by atoms with Gasteiger partial charge in [-0.25, -0.2) is 13.1 Å². The smallest absolute Gasteiger partial charge is 0.240 e. The van der Waals surface area contributed by atoms with Gasteiger partial charge in [-0.05, 0) is 17.4 Å². The molecule has 1 unspecified atom stereocenters. The molecule has 13 heavy (non-hydrogen) atoms. The number of hydrogen-bond acceptors (Lipinski definition) is 6. The highest BCUT2D eigenvalue weighted by molar-refractivity contribution is 7.90. The van der Waals surface area contributed by atoms with Crippen molar-refractivity contribution in [3.8, 4) is 0 Å². The highest BCUT2D eigenvalue weighted by Crippen LogP contribution is 2.08. The second-order valence-corrected chi connectivity index (χ2v) is 5.11. The fraction of sp³-hybridized carbons (Fsp3) is 0.800. The van der Waals surface area contributed by atoms with Crippen LogP contribution in [0, 0.1) is 0 Å². The predicted molar refractivity (Wildman–Crippen MR) is 46.7 cm³/mol. The quantitative estimate of drug-likeness (QED) is 0.669. The molecule has 74 valence electrons. The Balaban J connectivity index is 2.81. The van der Waals surface area contributed by atoms with Crippen LogP contribution in [0.2, 0.25) is 0 Å². The van der Waals surface area contributed by atoms with E-state index in [1.54, 1.807) is 6.92 Å².